The summed E-state index contributed by atoms with van der Waals surface area (Å²) in [4.78, 5) is 15.2. The van der Waals surface area contributed by atoms with E-state index in [0.29, 0.717) is 5.56 Å². The number of nitrogens with zero attached hydrogens (tertiary/aromatic N) is 2. The molecule has 5 heteroatoms. The van der Waals surface area contributed by atoms with Crippen LogP contribution in [0.5, 0.6) is 0 Å². The van der Waals surface area contributed by atoms with Crippen molar-refractivity contribution >= 4 is 23.4 Å². The average molecular weight is 303 g/mol. The highest BCUT2D eigenvalue weighted by Gasteiger charge is 2.30. The zero-order valence-corrected chi connectivity index (χ0v) is 13.4. The minimum Gasteiger partial charge on any atom is -0.358 e. The lowest BCUT2D eigenvalue weighted by molar-refractivity contribution is -0.122. The highest BCUT2D eigenvalue weighted by atomic mass is 32.2. The van der Waals surface area contributed by atoms with Gasteiger partial charge in [0.25, 0.3) is 0 Å². The molecule has 21 heavy (non-hydrogen) atoms. The fourth-order valence-electron chi connectivity index (χ4n) is 2.81. The van der Waals surface area contributed by atoms with Gasteiger partial charge in [-0.25, -0.2) is 0 Å². The number of amides is 1. The third-order valence-electron chi connectivity index (χ3n) is 3.78. The van der Waals surface area contributed by atoms with Gasteiger partial charge < -0.3 is 10.2 Å². The Morgan fingerprint density at radius 2 is 2.33 bits per heavy atom. The summed E-state index contributed by atoms with van der Waals surface area (Å²) in [6.45, 7) is 2.90. The summed E-state index contributed by atoms with van der Waals surface area (Å²) < 4.78 is 0. The van der Waals surface area contributed by atoms with E-state index in [2.05, 4.69) is 23.2 Å². The first kappa shape index (κ1) is 15.7. The molecule has 1 aliphatic rings. The molecule has 112 valence electrons. The van der Waals surface area contributed by atoms with Crippen LogP contribution in [0.25, 0.3) is 0 Å². The summed E-state index contributed by atoms with van der Waals surface area (Å²) in [6, 6.07) is 8.08. The van der Waals surface area contributed by atoms with Crippen LogP contribution in [0.15, 0.2) is 23.1 Å². The number of hydrogen-bond donors (Lipinski definition) is 1. The minimum atomic E-state index is -0.169. The molecule has 1 fully saturated rings. The van der Waals surface area contributed by atoms with E-state index < -0.39 is 0 Å². The monoisotopic (exact) mass is 303 g/mol. The molecule has 0 radical (unpaired) electrons. The van der Waals surface area contributed by atoms with Crippen LogP contribution < -0.4 is 10.2 Å². The highest BCUT2D eigenvalue weighted by molar-refractivity contribution is 7.99. The molecule has 1 aliphatic heterocycles. The predicted octanol–water partition coefficient (Wildman–Crippen LogP) is 2.78. The van der Waals surface area contributed by atoms with Crippen LogP contribution in [0.4, 0.5) is 5.69 Å². The number of rotatable bonds is 4. The Labute approximate surface area is 130 Å². The summed E-state index contributed by atoms with van der Waals surface area (Å²) in [6.07, 6.45) is 2.96. The van der Waals surface area contributed by atoms with Crippen molar-refractivity contribution in [1.82, 2.24) is 5.32 Å². The van der Waals surface area contributed by atoms with Crippen LogP contribution in [-0.2, 0) is 4.79 Å². The first-order chi connectivity index (χ1) is 10.2. The molecule has 1 aromatic rings. The molecule has 1 amide bonds. The third kappa shape index (κ3) is 3.33. The molecule has 1 saturated heterocycles. The maximum atomic E-state index is 12.1. The zero-order chi connectivity index (χ0) is 15.2. The van der Waals surface area contributed by atoms with Crippen molar-refractivity contribution in [2.75, 3.05) is 24.2 Å². The second kappa shape index (κ2) is 7.37. The van der Waals surface area contributed by atoms with Gasteiger partial charge in [0, 0.05) is 18.5 Å². The number of hydrogen-bond acceptors (Lipinski definition) is 4. The van der Waals surface area contributed by atoms with Crippen molar-refractivity contribution in [2.24, 2.45) is 0 Å². The lowest BCUT2D eigenvalue weighted by Crippen LogP contribution is -2.49. The van der Waals surface area contributed by atoms with Gasteiger partial charge in [-0.3, -0.25) is 4.79 Å². The van der Waals surface area contributed by atoms with Crippen LogP contribution >= 0.6 is 11.8 Å². The molecule has 1 aromatic carbocycles. The number of carbonyl (C=O) groups is 1. The van der Waals surface area contributed by atoms with E-state index in [0.717, 1.165) is 42.1 Å². The van der Waals surface area contributed by atoms with Crippen molar-refractivity contribution in [2.45, 2.75) is 37.1 Å². The summed E-state index contributed by atoms with van der Waals surface area (Å²) >= 11 is 1.67. The number of nitriles is 1. The van der Waals surface area contributed by atoms with Crippen molar-refractivity contribution in [3.8, 4) is 6.07 Å². The number of likely N-dealkylation sites (N-methyl/N-ethyl adjacent to an activating group) is 1. The van der Waals surface area contributed by atoms with E-state index in [-0.39, 0.29) is 11.9 Å². The third-order valence-corrected chi connectivity index (χ3v) is 4.72. The molecular formula is C16H21N3OS. The predicted molar refractivity (Wildman–Crippen MR) is 86.6 cm³/mol. The van der Waals surface area contributed by atoms with E-state index in [1.165, 1.54) is 0 Å². The van der Waals surface area contributed by atoms with Gasteiger partial charge in [-0.15, -0.1) is 11.8 Å². The Balaban J connectivity index is 2.41. The topological polar surface area (TPSA) is 56.1 Å². The van der Waals surface area contributed by atoms with Crippen molar-refractivity contribution in [3.63, 3.8) is 0 Å². The van der Waals surface area contributed by atoms with Crippen LogP contribution in [0, 0.1) is 11.3 Å². The lowest BCUT2D eigenvalue weighted by atomic mass is 9.99. The van der Waals surface area contributed by atoms with Gasteiger partial charge in [-0.2, -0.15) is 5.26 Å². The molecule has 0 aliphatic carbocycles. The standard InChI is InChI=1S/C16H21N3OS/c1-3-21-15-9-6-8-13(12(15)11-17)19-10-5-4-7-14(19)16(20)18-2/h6,8-9,14H,3-5,7,10H2,1-2H3,(H,18,20). The van der Waals surface area contributed by atoms with Crippen molar-refractivity contribution < 1.29 is 4.79 Å². The summed E-state index contributed by atoms with van der Waals surface area (Å²) in [5.41, 5.74) is 1.59. The number of piperidine rings is 1. The quantitative estimate of drug-likeness (QED) is 0.869. The molecular weight excluding hydrogens is 282 g/mol. The molecule has 0 spiro atoms. The second-order valence-electron chi connectivity index (χ2n) is 5.01. The van der Waals surface area contributed by atoms with Gasteiger partial charge in [0.15, 0.2) is 0 Å². The van der Waals surface area contributed by atoms with E-state index in [4.69, 9.17) is 0 Å². The first-order valence-corrected chi connectivity index (χ1v) is 8.35. The van der Waals surface area contributed by atoms with Crippen molar-refractivity contribution in [3.05, 3.63) is 23.8 Å². The zero-order valence-electron chi connectivity index (χ0n) is 12.6. The van der Waals surface area contributed by atoms with E-state index >= 15 is 0 Å². The van der Waals surface area contributed by atoms with Gasteiger partial charge in [-0.05, 0) is 37.1 Å². The summed E-state index contributed by atoms with van der Waals surface area (Å²) in [5, 5.41) is 12.3. The van der Waals surface area contributed by atoms with Crippen LogP contribution in [-0.4, -0.2) is 31.3 Å². The second-order valence-corrected chi connectivity index (χ2v) is 6.32. The summed E-state index contributed by atoms with van der Waals surface area (Å²) in [5.74, 6) is 0.962. The van der Waals surface area contributed by atoms with Gasteiger partial charge in [0.2, 0.25) is 5.91 Å². The molecule has 1 heterocycles. The average Bonchev–Trinajstić information content (AvgIpc) is 2.54. The van der Waals surface area contributed by atoms with E-state index in [1.54, 1.807) is 18.8 Å². The molecule has 1 atom stereocenters. The number of thioether (sulfide) groups is 1. The van der Waals surface area contributed by atoms with Crippen molar-refractivity contribution in [1.29, 1.82) is 5.26 Å². The Morgan fingerprint density at radius 3 is 3.00 bits per heavy atom. The Kier molecular flexibility index (Phi) is 5.51. The fourth-order valence-corrected chi connectivity index (χ4v) is 3.59. The molecule has 0 aromatic heterocycles. The van der Waals surface area contributed by atoms with Crippen LogP contribution in [0.1, 0.15) is 31.7 Å². The largest absolute Gasteiger partial charge is 0.358 e. The fraction of sp³-hybridized carbons (Fsp3) is 0.500. The van der Waals surface area contributed by atoms with Crippen LogP contribution in [0.2, 0.25) is 0 Å². The van der Waals surface area contributed by atoms with E-state index in [9.17, 15) is 10.1 Å². The molecule has 2 rings (SSSR count). The maximum Gasteiger partial charge on any atom is 0.242 e. The summed E-state index contributed by atoms with van der Waals surface area (Å²) in [7, 11) is 1.67. The highest BCUT2D eigenvalue weighted by Crippen LogP contribution is 2.33. The smallest absolute Gasteiger partial charge is 0.242 e. The Bertz CT molecular complexity index is 553. The molecule has 4 nitrogen and oxygen atoms in total. The van der Waals surface area contributed by atoms with Gasteiger partial charge >= 0.3 is 0 Å². The van der Waals surface area contributed by atoms with Gasteiger partial charge in [-0.1, -0.05) is 13.0 Å². The Hall–Kier alpha value is -1.67. The molecule has 1 unspecified atom stereocenters. The number of carbonyl (C=O) groups excluding carboxylic acids is 1. The number of nitrogens with one attached hydrogen (secondary N) is 1. The van der Waals surface area contributed by atoms with E-state index in [1.807, 2.05) is 18.2 Å². The van der Waals surface area contributed by atoms with Gasteiger partial charge in [0.05, 0.1) is 11.3 Å². The molecule has 1 N–H and O–H groups in total. The Morgan fingerprint density at radius 1 is 1.52 bits per heavy atom. The SMILES string of the molecule is CCSc1cccc(N2CCCCC2C(=O)NC)c1C#N. The molecule has 0 saturated carbocycles. The first-order valence-electron chi connectivity index (χ1n) is 7.37. The maximum absolute atomic E-state index is 12.1. The normalized spacial score (nSPS) is 18.1. The van der Waals surface area contributed by atoms with Crippen LogP contribution in [0.3, 0.4) is 0 Å². The van der Waals surface area contributed by atoms with Gasteiger partial charge in [0.1, 0.15) is 12.1 Å². The lowest BCUT2D eigenvalue weighted by Gasteiger charge is -2.37. The molecule has 0 bridgehead atoms. The minimum absolute atomic E-state index is 0.0344. The number of anilines is 1. The number of benzene rings is 1.